The minimum Gasteiger partial charge on any atom is -0.306 e. The minimum atomic E-state index is 0.189. The first-order valence-electron chi connectivity index (χ1n) is 6.74. The molecule has 1 aromatic rings. The highest BCUT2D eigenvalue weighted by atomic mass is 79.9. The monoisotopic (exact) mass is 324 g/mol. The van der Waals surface area contributed by atoms with Crippen LogP contribution in [-0.2, 0) is 0 Å². The van der Waals surface area contributed by atoms with Crippen molar-refractivity contribution in [1.29, 1.82) is 0 Å². The summed E-state index contributed by atoms with van der Waals surface area (Å²) in [6.07, 6.45) is 2.30. The van der Waals surface area contributed by atoms with Crippen LogP contribution in [0.4, 0.5) is 0 Å². The van der Waals surface area contributed by atoms with Gasteiger partial charge in [0.05, 0.1) is 6.54 Å². The lowest BCUT2D eigenvalue weighted by Gasteiger charge is -2.34. The van der Waals surface area contributed by atoms with Crippen molar-refractivity contribution in [3.8, 4) is 0 Å². The largest absolute Gasteiger partial charge is 0.306 e. The van der Waals surface area contributed by atoms with E-state index in [2.05, 4.69) is 39.8 Å². The van der Waals surface area contributed by atoms with Crippen molar-refractivity contribution in [2.75, 3.05) is 33.7 Å². The maximum absolute atomic E-state index is 12.3. The van der Waals surface area contributed by atoms with Gasteiger partial charge in [0.15, 0.2) is 5.78 Å². The zero-order valence-electron chi connectivity index (χ0n) is 11.6. The van der Waals surface area contributed by atoms with Crippen LogP contribution in [0.3, 0.4) is 0 Å². The van der Waals surface area contributed by atoms with E-state index in [1.165, 1.54) is 0 Å². The molecule has 0 aromatic heterocycles. The van der Waals surface area contributed by atoms with Gasteiger partial charge in [-0.2, -0.15) is 0 Å². The Kier molecular flexibility index (Phi) is 5.13. The highest BCUT2D eigenvalue weighted by Crippen LogP contribution is 2.18. The summed E-state index contributed by atoms with van der Waals surface area (Å²) in [6.45, 7) is 2.74. The Morgan fingerprint density at radius 3 is 2.63 bits per heavy atom. The molecule has 4 heteroatoms. The first kappa shape index (κ1) is 14.7. The zero-order valence-corrected chi connectivity index (χ0v) is 13.2. The maximum Gasteiger partial charge on any atom is 0.177 e. The average Bonchev–Trinajstić information content (AvgIpc) is 2.39. The lowest BCUT2D eigenvalue weighted by atomic mass is 10.0. The molecule has 0 unspecified atom stereocenters. The molecule has 3 nitrogen and oxygen atoms in total. The quantitative estimate of drug-likeness (QED) is 0.795. The van der Waals surface area contributed by atoms with Gasteiger partial charge in [-0.1, -0.05) is 34.1 Å². The highest BCUT2D eigenvalue weighted by Gasteiger charge is 2.22. The number of rotatable bonds is 4. The molecule has 0 spiro atoms. The van der Waals surface area contributed by atoms with E-state index in [1.54, 1.807) is 0 Å². The van der Waals surface area contributed by atoms with Crippen LogP contribution in [0.5, 0.6) is 0 Å². The minimum absolute atomic E-state index is 0.189. The molecule has 0 radical (unpaired) electrons. The number of likely N-dealkylation sites (tertiary alicyclic amines) is 1. The van der Waals surface area contributed by atoms with Crippen LogP contribution >= 0.6 is 15.9 Å². The molecule has 2 rings (SSSR count). The summed E-state index contributed by atoms with van der Waals surface area (Å²) in [4.78, 5) is 16.9. The van der Waals surface area contributed by atoms with Crippen LogP contribution < -0.4 is 0 Å². The van der Waals surface area contributed by atoms with E-state index in [1.807, 2.05) is 24.3 Å². The first-order valence-corrected chi connectivity index (χ1v) is 7.53. The standard InChI is InChI=1S/C15H21BrN2O/c1-17-9-7-12(8-10-17)18(2)11-15(19)13-5-3-4-6-14(13)16/h3-6,12H,7-11H2,1-2H3. The SMILES string of the molecule is CN1CCC(N(C)CC(=O)c2ccccc2Br)CC1. The molecule has 0 amide bonds. The van der Waals surface area contributed by atoms with Gasteiger partial charge in [-0.25, -0.2) is 0 Å². The third-order valence-corrected chi connectivity index (χ3v) is 4.57. The molecule has 1 fully saturated rings. The number of likely N-dealkylation sites (N-methyl/N-ethyl adjacent to an activating group) is 1. The van der Waals surface area contributed by atoms with Gasteiger partial charge >= 0.3 is 0 Å². The van der Waals surface area contributed by atoms with E-state index >= 15 is 0 Å². The van der Waals surface area contributed by atoms with Crippen LogP contribution in [0.25, 0.3) is 0 Å². The second kappa shape index (κ2) is 6.64. The summed E-state index contributed by atoms with van der Waals surface area (Å²) in [5, 5.41) is 0. The van der Waals surface area contributed by atoms with Gasteiger partial charge in [0, 0.05) is 16.1 Å². The molecule has 1 aliphatic heterocycles. The maximum atomic E-state index is 12.3. The topological polar surface area (TPSA) is 23.6 Å². The zero-order chi connectivity index (χ0) is 13.8. The predicted molar refractivity (Wildman–Crippen MR) is 81.6 cm³/mol. The van der Waals surface area contributed by atoms with E-state index in [4.69, 9.17) is 0 Å². The second-order valence-corrected chi connectivity index (χ2v) is 6.21. The second-order valence-electron chi connectivity index (χ2n) is 5.35. The molecular formula is C15H21BrN2O. The molecule has 0 bridgehead atoms. The van der Waals surface area contributed by atoms with Crippen molar-refractivity contribution < 1.29 is 4.79 Å². The molecule has 0 N–H and O–H groups in total. The number of carbonyl (C=O) groups excluding carboxylic acids is 1. The van der Waals surface area contributed by atoms with Gasteiger partial charge < -0.3 is 4.90 Å². The van der Waals surface area contributed by atoms with Gasteiger partial charge in [0.2, 0.25) is 0 Å². The van der Waals surface area contributed by atoms with Crippen LogP contribution in [-0.4, -0.2) is 55.4 Å². The van der Waals surface area contributed by atoms with Crippen LogP contribution in [0, 0.1) is 0 Å². The summed E-state index contributed by atoms with van der Waals surface area (Å²) in [5.74, 6) is 0.189. The third-order valence-electron chi connectivity index (χ3n) is 3.88. The van der Waals surface area contributed by atoms with Gasteiger partial charge in [-0.3, -0.25) is 9.69 Å². The number of Topliss-reactive ketones (excluding diaryl/α,β-unsaturated/α-hetero) is 1. The summed E-state index contributed by atoms with van der Waals surface area (Å²) < 4.78 is 0.886. The molecule has 0 aliphatic carbocycles. The molecule has 1 aliphatic rings. The number of benzene rings is 1. The summed E-state index contributed by atoms with van der Waals surface area (Å²) in [6, 6.07) is 8.18. The number of halogens is 1. The third kappa shape index (κ3) is 3.88. The Balaban J connectivity index is 1.94. The number of carbonyl (C=O) groups is 1. The number of hydrogen-bond donors (Lipinski definition) is 0. The van der Waals surface area contributed by atoms with Gasteiger partial charge in [-0.05, 0) is 46.1 Å². The molecule has 104 valence electrons. The van der Waals surface area contributed by atoms with E-state index < -0.39 is 0 Å². The number of piperidine rings is 1. The predicted octanol–water partition coefficient (Wildman–Crippen LogP) is 2.66. The van der Waals surface area contributed by atoms with E-state index in [0.29, 0.717) is 12.6 Å². The van der Waals surface area contributed by atoms with Gasteiger partial charge in [0.25, 0.3) is 0 Å². The van der Waals surface area contributed by atoms with Crippen molar-refractivity contribution in [1.82, 2.24) is 9.80 Å². The van der Waals surface area contributed by atoms with Crippen molar-refractivity contribution in [3.05, 3.63) is 34.3 Å². The molecular weight excluding hydrogens is 304 g/mol. The number of nitrogens with zero attached hydrogens (tertiary/aromatic N) is 2. The van der Waals surface area contributed by atoms with Gasteiger partial charge in [-0.15, -0.1) is 0 Å². The van der Waals surface area contributed by atoms with Crippen LogP contribution in [0.15, 0.2) is 28.7 Å². The summed E-state index contributed by atoms with van der Waals surface area (Å²) in [7, 11) is 4.22. The van der Waals surface area contributed by atoms with Crippen LogP contribution in [0.1, 0.15) is 23.2 Å². The fraction of sp³-hybridized carbons (Fsp3) is 0.533. The lowest BCUT2D eigenvalue weighted by Crippen LogP contribution is -2.43. The fourth-order valence-corrected chi connectivity index (χ4v) is 3.07. The molecule has 1 aromatic carbocycles. The molecule has 19 heavy (non-hydrogen) atoms. The van der Waals surface area contributed by atoms with E-state index in [-0.39, 0.29) is 5.78 Å². The van der Waals surface area contributed by atoms with Crippen molar-refractivity contribution >= 4 is 21.7 Å². The Morgan fingerprint density at radius 1 is 1.37 bits per heavy atom. The van der Waals surface area contributed by atoms with E-state index in [0.717, 1.165) is 36.0 Å². The summed E-state index contributed by atoms with van der Waals surface area (Å²) >= 11 is 3.44. The Labute approximate surface area is 123 Å². The normalized spacial score (nSPS) is 17.9. The smallest absolute Gasteiger partial charge is 0.177 e. The van der Waals surface area contributed by atoms with E-state index in [9.17, 15) is 4.79 Å². The molecule has 0 atom stereocenters. The number of ketones is 1. The number of hydrogen-bond acceptors (Lipinski definition) is 3. The average molecular weight is 325 g/mol. The van der Waals surface area contributed by atoms with Crippen LogP contribution in [0.2, 0.25) is 0 Å². The lowest BCUT2D eigenvalue weighted by molar-refractivity contribution is 0.0871. The first-order chi connectivity index (χ1) is 9.08. The Morgan fingerprint density at radius 2 is 2.00 bits per heavy atom. The van der Waals surface area contributed by atoms with Crippen molar-refractivity contribution in [2.45, 2.75) is 18.9 Å². The van der Waals surface area contributed by atoms with Crippen molar-refractivity contribution in [2.24, 2.45) is 0 Å². The fourth-order valence-electron chi connectivity index (χ4n) is 2.56. The molecule has 0 saturated carbocycles. The Bertz CT molecular complexity index is 442. The van der Waals surface area contributed by atoms with Gasteiger partial charge in [0.1, 0.15) is 0 Å². The summed E-state index contributed by atoms with van der Waals surface area (Å²) in [5.41, 5.74) is 0.780. The molecule has 1 heterocycles. The van der Waals surface area contributed by atoms with Crippen molar-refractivity contribution in [3.63, 3.8) is 0 Å². The molecule has 1 saturated heterocycles. The Hall–Kier alpha value is -0.710. The highest BCUT2D eigenvalue weighted by molar-refractivity contribution is 9.10.